The van der Waals surface area contributed by atoms with E-state index in [2.05, 4.69) is 22.2 Å². The molecule has 1 aliphatic carbocycles. The first-order valence-corrected chi connectivity index (χ1v) is 7.64. The number of rotatable bonds is 5. The van der Waals surface area contributed by atoms with Gasteiger partial charge in [-0.15, -0.1) is 0 Å². The number of aromatic nitrogens is 1. The fourth-order valence-electron chi connectivity index (χ4n) is 2.53. The van der Waals surface area contributed by atoms with Crippen LogP contribution in [0.5, 0.6) is 0 Å². The Hall–Kier alpha value is -0.840. The minimum atomic E-state index is -0.280. The quantitative estimate of drug-likeness (QED) is 0.850. The van der Waals surface area contributed by atoms with Crippen LogP contribution in [-0.4, -0.2) is 42.0 Å². The van der Waals surface area contributed by atoms with Crippen molar-refractivity contribution < 1.29 is 4.79 Å². The molecule has 0 saturated heterocycles. The summed E-state index contributed by atoms with van der Waals surface area (Å²) in [6, 6.07) is 3.80. The Balaban J connectivity index is 1.81. The summed E-state index contributed by atoms with van der Waals surface area (Å²) in [6.07, 6.45) is 5.13. The predicted octanol–water partition coefficient (Wildman–Crippen LogP) is 2.99. The van der Waals surface area contributed by atoms with Gasteiger partial charge in [0.1, 0.15) is 10.8 Å². The van der Waals surface area contributed by atoms with Crippen molar-refractivity contribution in [3.63, 3.8) is 0 Å². The molecule has 20 heavy (non-hydrogen) atoms. The predicted molar refractivity (Wildman–Crippen MR) is 81.5 cm³/mol. The number of hydrogen-bond donors (Lipinski definition) is 1. The monoisotopic (exact) mass is 315 g/mol. The van der Waals surface area contributed by atoms with Crippen LogP contribution < -0.4 is 5.32 Å². The molecule has 1 N–H and O–H groups in total. The van der Waals surface area contributed by atoms with Gasteiger partial charge < -0.3 is 10.2 Å². The molecule has 0 spiro atoms. The van der Waals surface area contributed by atoms with Crippen LogP contribution in [0.25, 0.3) is 0 Å². The van der Waals surface area contributed by atoms with Crippen molar-refractivity contribution in [1.29, 1.82) is 0 Å². The van der Waals surface area contributed by atoms with Crippen molar-refractivity contribution in [2.24, 2.45) is 0 Å². The smallest absolute Gasteiger partial charge is 0.271 e. The molecule has 0 unspecified atom stereocenters. The van der Waals surface area contributed by atoms with E-state index in [1.165, 1.54) is 25.7 Å². The maximum atomic E-state index is 12.0. The first-order chi connectivity index (χ1) is 9.58. The maximum Gasteiger partial charge on any atom is 0.271 e. The average molecular weight is 316 g/mol. The van der Waals surface area contributed by atoms with Gasteiger partial charge in [0.2, 0.25) is 0 Å². The first kappa shape index (κ1) is 15.5. The minimum Gasteiger partial charge on any atom is -0.349 e. The molecular weight excluding hydrogens is 297 g/mol. The molecule has 0 aromatic carbocycles. The summed E-state index contributed by atoms with van der Waals surface area (Å²) >= 11 is 11.7. The highest BCUT2D eigenvalue weighted by atomic mass is 35.5. The van der Waals surface area contributed by atoms with E-state index < -0.39 is 0 Å². The fourth-order valence-corrected chi connectivity index (χ4v) is 2.87. The fraction of sp³-hybridized carbons (Fsp3) is 0.571. The van der Waals surface area contributed by atoms with Crippen LogP contribution in [0, 0.1) is 0 Å². The second-order valence-electron chi connectivity index (χ2n) is 5.14. The Bertz CT molecular complexity index is 475. The van der Waals surface area contributed by atoms with Gasteiger partial charge >= 0.3 is 0 Å². The van der Waals surface area contributed by atoms with E-state index in [0.29, 0.717) is 17.6 Å². The zero-order valence-electron chi connectivity index (χ0n) is 11.5. The second kappa shape index (κ2) is 7.25. The van der Waals surface area contributed by atoms with Crippen LogP contribution >= 0.6 is 23.2 Å². The highest BCUT2D eigenvalue weighted by Gasteiger charge is 2.19. The number of nitrogens with one attached hydrogen (secondary N) is 1. The zero-order chi connectivity index (χ0) is 14.5. The molecule has 1 amide bonds. The molecule has 0 atom stereocenters. The molecule has 1 aliphatic rings. The van der Waals surface area contributed by atoms with Crippen LogP contribution in [0.1, 0.15) is 36.2 Å². The molecule has 1 aromatic rings. The third kappa shape index (κ3) is 4.08. The minimum absolute atomic E-state index is 0.183. The van der Waals surface area contributed by atoms with Crippen LogP contribution in [0.3, 0.4) is 0 Å². The van der Waals surface area contributed by atoms with Gasteiger partial charge in [0, 0.05) is 19.1 Å². The van der Waals surface area contributed by atoms with Crippen LogP contribution in [0.4, 0.5) is 0 Å². The summed E-state index contributed by atoms with van der Waals surface area (Å²) in [6.45, 7) is 1.41. The van der Waals surface area contributed by atoms with Gasteiger partial charge in [-0.2, -0.15) is 0 Å². The van der Waals surface area contributed by atoms with Gasteiger partial charge in [0.05, 0.1) is 5.02 Å². The average Bonchev–Trinajstić information content (AvgIpc) is 2.95. The second-order valence-corrected chi connectivity index (χ2v) is 5.93. The van der Waals surface area contributed by atoms with Crippen molar-refractivity contribution >= 4 is 29.1 Å². The van der Waals surface area contributed by atoms with E-state index in [-0.39, 0.29) is 16.8 Å². The molecule has 1 saturated carbocycles. The molecule has 110 valence electrons. The van der Waals surface area contributed by atoms with Crippen LogP contribution in [0.2, 0.25) is 10.2 Å². The number of hydrogen-bond acceptors (Lipinski definition) is 3. The molecule has 1 fully saturated rings. The largest absolute Gasteiger partial charge is 0.349 e. The molecular formula is C14H19Cl2N3O. The van der Waals surface area contributed by atoms with Gasteiger partial charge in [-0.3, -0.25) is 4.79 Å². The number of carbonyl (C=O) groups excluding carboxylic acids is 1. The summed E-state index contributed by atoms with van der Waals surface area (Å²) in [5, 5.41) is 3.42. The summed E-state index contributed by atoms with van der Waals surface area (Å²) in [7, 11) is 2.10. The molecule has 0 bridgehead atoms. The lowest BCUT2D eigenvalue weighted by molar-refractivity contribution is 0.0942. The van der Waals surface area contributed by atoms with Crippen molar-refractivity contribution in [2.75, 3.05) is 20.1 Å². The van der Waals surface area contributed by atoms with Crippen molar-refractivity contribution in [1.82, 2.24) is 15.2 Å². The molecule has 0 radical (unpaired) electrons. The van der Waals surface area contributed by atoms with Gasteiger partial charge in [0.25, 0.3) is 5.91 Å². The third-order valence-electron chi connectivity index (χ3n) is 3.73. The first-order valence-electron chi connectivity index (χ1n) is 6.88. The topological polar surface area (TPSA) is 45.2 Å². The van der Waals surface area contributed by atoms with E-state index in [1.54, 1.807) is 12.1 Å². The SMILES string of the molecule is CN(CCNC(=O)c1nc(Cl)ccc1Cl)C1CCCC1. The number of carbonyl (C=O) groups is 1. The van der Waals surface area contributed by atoms with Gasteiger partial charge in [-0.1, -0.05) is 36.0 Å². The molecule has 0 aliphatic heterocycles. The normalized spacial score (nSPS) is 15.8. The highest BCUT2D eigenvalue weighted by molar-refractivity contribution is 6.34. The van der Waals surface area contributed by atoms with Gasteiger partial charge in [0.15, 0.2) is 0 Å². The molecule has 2 rings (SSSR count). The molecule has 4 nitrogen and oxygen atoms in total. The van der Waals surface area contributed by atoms with Gasteiger partial charge in [-0.25, -0.2) is 4.98 Å². The van der Waals surface area contributed by atoms with Crippen molar-refractivity contribution in [3.05, 3.63) is 28.0 Å². The van der Waals surface area contributed by atoms with Crippen molar-refractivity contribution in [2.45, 2.75) is 31.7 Å². The Kier molecular flexibility index (Phi) is 5.64. The summed E-state index contributed by atoms with van der Waals surface area (Å²) in [5.41, 5.74) is 0.183. The number of amides is 1. The number of likely N-dealkylation sites (N-methyl/N-ethyl adjacent to an activating group) is 1. The lowest BCUT2D eigenvalue weighted by Crippen LogP contribution is -2.37. The lowest BCUT2D eigenvalue weighted by atomic mass is 10.2. The molecule has 1 aromatic heterocycles. The molecule has 1 heterocycles. The molecule has 6 heteroatoms. The summed E-state index contributed by atoms with van der Waals surface area (Å²) < 4.78 is 0. The standard InChI is InChI=1S/C14H19Cl2N3O/c1-19(10-4-2-3-5-10)9-8-17-14(20)13-11(15)6-7-12(16)18-13/h6-7,10H,2-5,8-9H2,1H3,(H,17,20). The summed E-state index contributed by atoms with van der Waals surface area (Å²) in [5.74, 6) is -0.280. The van der Waals surface area contributed by atoms with Crippen LogP contribution in [0.15, 0.2) is 12.1 Å². The zero-order valence-corrected chi connectivity index (χ0v) is 13.0. The van der Waals surface area contributed by atoms with Gasteiger partial charge in [-0.05, 0) is 32.0 Å². The number of halogens is 2. The van der Waals surface area contributed by atoms with Crippen LogP contribution in [-0.2, 0) is 0 Å². The maximum absolute atomic E-state index is 12.0. The number of nitrogens with zero attached hydrogens (tertiary/aromatic N) is 2. The van der Waals surface area contributed by atoms with Crippen molar-refractivity contribution in [3.8, 4) is 0 Å². The Morgan fingerprint density at radius 1 is 1.40 bits per heavy atom. The highest BCUT2D eigenvalue weighted by Crippen LogP contribution is 2.22. The van der Waals surface area contributed by atoms with E-state index in [1.807, 2.05) is 0 Å². The number of pyridine rings is 1. The lowest BCUT2D eigenvalue weighted by Gasteiger charge is -2.23. The summed E-state index contributed by atoms with van der Waals surface area (Å²) in [4.78, 5) is 18.2. The Labute approximate surface area is 129 Å². The van der Waals surface area contributed by atoms with E-state index in [9.17, 15) is 4.79 Å². The Morgan fingerprint density at radius 2 is 2.10 bits per heavy atom. The van der Waals surface area contributed by atoms with E-state index >= 15 is 0 Å². The van der Waals surface area contributed by atoms with E-state index in [0.717, 1.165) is 6.54 Å². The third-order valence-corrected chi connectivity index (χ3v) is 4.24. The Morgan fingerprint density at radius 3 is 2.80 bits per heavy atom. The van der Waals surface area contributed by atoms with E-state index in [4.69, 9.17) is 23.2 Å².